The summed E-state index contributed by atoms with van der Waals surface area (Å²) in [7, 11) is 1.49. The first kappa shape index (κ1) is 20.3. The minimum atomic E-state index is -0.571. The fraction of sp³-hybridized carbons (Fsp3) is 0.500. The van der Waals surface area contributed by atoms with E-state index in [1.165, 1.54) is 7.11 Å². The average molecular weight is 356 g/mol. The molecule has 0 aliphatic rings. The van der Waals surface area contributed by atoms with Gasteiger partial charge in [-0.3, -0.25) is 4.79 Å². The Hall–Kier alpha value is -0.680. The van der Waals surface area contributed by atoms with E-state index in [0.29, 0.717) is 40.9 Å². The van der Waals surface area contributed by atoms with E-state index in [-0.39, 0.29) is 18.3 Å². The van der Waals surface area contributed by atoms with Crippen LogP contribution in [-0.4, -0.2) is 19.6 Å². The SMILES string of the molecule is CCC(CC)(CN)C(=O)Nc1cc(Cl)c(OC)c(Cl)c1.Cl. The van der Waals surface area contributed by atoms with Crippen molar-refractivity contribution in [1.29, 1.82) is 0 Å². The van der Waals surface area contributed by atoms with Crippen LogP contribution in [0.15, 0.2) is 12.1 Å². The van der Waals surface area contributed by atoms with Crippen molar-refractivity contribution in [3.63, 3.8) is 0 Å². The van der Waals surface area contributed by atoms with Crippen LogP contribution < -0.4 is 15.8 Å². The van der Waals surface area contributed by atoms with Gasteiger partial charge in [-0.1, -0.05) is 37.0 Å². The zero-order valence-corrected chi connectivity index (χ0v) is 14.7. The number of hydrogen-bond donors (Lipinski definition) is 2. The molecule has 21 heavy (non-hydrogen) atoms. The van der Waals surface area contributed by atoms with Crippen molar-refractivity contribution in [3.8, 4) is 5.75 Å². The molecular weight excluding hydrogens is 335 g/mol. The second kappa shape index (κ2) is 8.69. The van der Waals surface area contributed by atoms with E-state index < -0.39 is 5.41 Å². The maximum absolute atomic E-state index is 12.4. The normalized spacial score (nSPS) is 10.8. The molecule has 0 aromatic heterocycles. The van der Waals surface area contributed by atoms with E-state index in [9.17, 15) is 4.79 Å². The Morgan fingerprint density at radius 3 is 2.10 bits per heavy atom. The maximum atomic E-state index is 12.4. The molecule has 0 aliphatic heterocycles. The summed E-state index contributed by atoms with van der Waals surface area (Å²) >= 11 is 12.1. The summed E-state index contributed by atoms with van der Waals surface area (Å²) in [5.41, 5.74) is 5.72. The number of benzene rings is 1. The van der Waals surface area contributed by atoms with Crippen LogP contribution in [0.2, 0.25) is 10.0 Å². The van der Waals surface area contributed by atoms with Gasteiger partial charge >= 0.3 is 0 Å². The zero-order chi connectivity index (χ0) is 15.3. The fourth-order valence-corrected chi connectivity index (χ4v) is 2.68. The number of amides is 1. The smallest absolute Gasteiger partial charge is 0.231 e. The van der Waals surface area contributed by atoms with Crippen LogP contribution in [0.4, 0.5) is 5.69 Å². The Morgan fingerprint density at radius 1 is 1.29 bits per heavy atom. The second-order valence-corrected chi connectivity index (χ2v) is 5.43. The van der Waals surface area contributed by atoms with Gasteiger partial charge in [-0.15, -0.1) is 12.4 Å². The minimum Gasteiger partial charge on any atom is -0.494 e. The van der Waals surface area contributed by atoms with Crippen LogP contribution >= 0.6 is 35.6 Å². The van der Waals surface area contributed by atoms with Gasteiger partial charge in [-0.05, 0) is 25.0 Å². The largest absolute Gasteiger partial charge is 0.494 e. The number of hydrogen-bond acceptors (Lipinski definition) is 3. The number of carbonyl (C=O) groups excluding carboxylic acids is 1. The molecule has 0 radical (unpaired) electrons. The van der Waals surface area contributed by atoms with Crippen molar-refractivity contribution in [2.45, 2.75) is 26.7 Å². The number of nitrogens with two attached hydrogens (primary N) is 1. The molecule has 4 nitrogen and oxygen atoms in total. The van der Waals surface area contributed by atoms with Crippen LogP contribution in [0, 0.1) is 5.41 Å². The van der Waals surface area contributed by atoms with E-state index in [4.69, 9.17) is 33.7 Å². The molecule has 1 rings (SSSR count). The van der Waals surface area contributed by atoms with Crippen molar-refractivity contribution in [2.75, 3.05) is 19.0 Å². The van der Waals surface area contributed by atoms with Gasteiger partial charge in [0.15, 0.2) is 5.75 Å². The molecule has 0 atom stereocenters. The Kier molecular flexibility index (Phi) is 8.41. The van der Waals surface area contributed by atoms with E-state index in [1.807, 2.05) is 13.8 Å². The molecule has 1 aromatic rings. The number of anilines is 1. The number of methoxy groups -OCH3 is 1. The summed E-state index contributed by atoms with van der Waals surface area (Å²) in [6, 6.07) is 3.22. The standard InChI is InChI=1S/C14H20Cl2N2O2.ClH/c1-4-14(5-2,8-17)13(19)18-9-6-10(15)12(20-3)11(16)7-9;/h6-7H,4-5,8,17H2,1-3H3,(H,18,19);1H. The summed E-state index contributed by atoms with van der Waals surface area (Å²) in [5, 5.41) is 3.52. The quantitative estimate of drug-likeness (QED) is 0.806. The predicted molar refractivity (Wildman–Crippen MR) is 91.0 cm³/mol. The fourth-order valence-electron chi connectivity index (χ4n) is 2.04. The predicted octanol–water partition coefficient (Wildman–Crippen LogP) is 4.13. The Labute approximate surface area is 141 Å². The molecule has 7 heteroatoms. The molecule has 0 aliphatic carbocycles. The average Bonchev–Trinajstić information content (AvgIpc) is 2.41. The molecule has 3 N–H and O–H groups in total. The zero-order valence-electron chi connectivity index (χ0n) is 12.3. The van der Waals surface area contributed by atoms with Crippen molar-refractivity contribution in [3.05, 3.63) is 22.2 Å². The molecule has 0 unspecified atom stereocenters. The number of rotatable bonds is 6. The summed E-state index contributed by atoms with van der Waals surface area (Å²) < 4.78 is 5.07. The topological polar surface area (TPSA) is 64.4 Å². The highest BCUT2D eigenvalue weighted by atomic mass is 35.5. The van der Waals surface area contributed by atoms with Crippen molar-refractivity contribution >= 4 is 47.2 Å². The van der Waals surface area contributed by atoms with Gasteiger partial charge in [-0.2, -0.15) is 0 Å². The first-order valence-electron chi connectivity index (χ1n) is 6.48. The Balaban J connectivity index is 0.00000400. The lowest BCUT2D eigenvalue weighted by Crippen LogP contribution is -2.41. The van der Waals surface area contributed by atoms with Gasteiger partial charge in [-0.25, -0.2) is 0 Å². The van der Waals surface area contributed by atoms with Gasteiger partial charge in [0.25, 0.3) is 0 Å². The summed E-state index contributed by atoms with van der Waals surface area (Å²) in [6.07, 6.45) is 1.34. The summed E-state index contributed by atoms with van der Waals surface area (Å²) in [4.78, 5) is 12.4. The maximum Gasteiger partial charge on any atom is 0.231 e. The van der Waals surface area contributed by atoms with Crippen molar-refractivity contribution < 1.29 is 9.53 Å². The van der Waals surface area contributed by atoms with Crippen LogP contribution in [0.3, 0.4) is 0 Å². The summed E-state index contributed by atoms with van der Waals surface area (Å²) in [6.45, 7) is 4.19. The van der Waals surface area contributed by atoms with Gasteiger partial charge < -0.3 is 15.8 Å². The van der Waals surface area contributed by atoms with Gasteiger partial charge in [0, 0.05) is 12.2 Å². The molecule has 0 spiro atoms. The van der Waals surface area contributed by atoms with Crippen molar-refractivity contribution in [2.24, 2.45) is 11.1 Å². The third-order valence-corrected chi connectivity index (χ3v) is 4.25. The lowest BCUT2D eigenvalue weighted by Gasteiger charge is -2.28. The third kappa shape index (κ3) is 4.39. The first-order chi connectivity index (χ1) is 9.43. The molecular formula is C14H21Cl3N2O2. The molecule has 1 aromatic carbocycles. The van der Waals surface area contributed by atoms with Gasteiger partial charge in [0.1, 0.15) is 0 Å². The lowest BCUT2D eigenvalue weighted by atomic mass is 9.81. The summed E-state index contributed by atoms with van der Waals surface area (Å²) in [5.74, 6) is 0.268. The highest BCUT2D eigenvalue weighted by Crippen LogP contribution is 2.36. The molecule has 0 saturated heterocycles. The van der Waals surface area contributed by atoms with Crippen LogP contribution in [0.5, 0.6) is 5.75 Å². The van der Waals surface area contributed by atoms with E-state index in [0.717, 1.165) is 0 Å². The molecule has 0 fully saturated rings. The number of halogens is 3. The molecule has 0 saturated carbocycles. The number of carbonyl (C=O) groups is 1. The number of nitrogens with one attached hydrogen (secondary N) is 1. The third-order valence-electron chi connectivity index (χ3n) is 3.69. The molecule has 0 heterocycles. The highest BCUT2D eigenvalue weighted by molar-refractivity contribution is 6.37. The lowest BCUT2D eigenvalue weighted by molar-refractivity contribution is -0.125. The van der Waals surface area contributed by atoms with Gasteiger partial charge in [0.05, 0.1) is 22.6 Å². The monoisotopic (exact) mass is 354 g/mol. The van der Waals surface area contributed by atoms with Crippen LogP contribution in [0.1, 0.15) is 26.7 Å². The second-order valence-electron chi connectivity index (χ2n) is 4.62. The van der Waals surface area contributed by atoms with Crippen LogP contribution in [0.25, 0.3) is 0 Å². The molecule has 1 amide bonds. The molecule has 120 valence electrons. The molecule has 0 bridgehead atoms. The number of ether oxygens (including phenoxy) is 1. The first-order valence-corrected chi connectivity index (χ1v) is 7.24. The Morgan fingerprint density at radius 2 is 1.76 bits per heavy atom. The Bertz CT molecular complexity index is 460. The van der Waals surface area contributed by atoms with Gasteiger partial charge in [0.2, 0.25) is 5.91 Å². The van der Waals surface area contributed by atoms with Crippen molar-refractivity contribution in [1.82, 2.24) is 0 Å². The minimum absolute atomic E-state index is 0. The van der Waals surface area contributed by atoms with E-state index in [1.54, 1.807) is 12.1 Å². The van der Waals surface area contributed by atoms with E-state index in [2.05, 4.69) is 5.32 Å². The van der Waals surface area contributed by atoms with E-state index >= 15 is 0 Å². The highest BCUT2D eigenvalue weighted by Gasteiger charge is 2.33. The van der Waals surface area contributed by atoms with Crippen LogP contribution in [-0.2, 0) is 4.79 Å².